The van der Waals surface area contributed by atoms with E-state index in [1.807, 2.05) is 29.7 Å². The van der Waals surface area contributed by atoms with Gasteiger partial charge in [-0.3, -0.25) is 9.59 Å². The van der Waals surface area contributed by atoms with Gasteiger partial charge in [-0.05, 0) is 63.6 Å². The van der Waals surface area contributed by atoms with E-state index in [0.717, 1.165) is 55.4 Å². The lowest BCUT2D eigenvalue weighted by atomic mass is 10.1. The summed E-state index contributed by atoms with van der Waals surface area (Å²) in [5.41, 5.74) is 1.52. The van der Waals surface area contributed by atoms with E-state index < -0.39 is 5.25 Å². The Hall–Kier alpha value is -3.38. The number of anilines is 1. The molecule has 2 aromatic heterocycles. The molecule has 1 atom stereocenters. The van der Waals surface area contributed by atoms with Crippen molar-refractivity contribution in [2.24, 2.45) is 0 Å². The smallest absolute Gasteiger partial charge is 0.341 e. The van der Waals surface area contributed by atoms with Crippen LogP contribution in [0.25, 0.3) is 0 Å². The summed E-state index contributed by atoms with van der Waals surface area (Å²) in [6, 6.07) is 9.16. The van der Waals surface area contributed by atoms with Gasteiger partial charge in [0.25, 0.3) is 5.91 Å². The highest BCUT2D eigenvalue weighted by atomic mass is 32.2. The average molecular weight is 614 g/mol. The molecule has 10 nitrogen and oxygen atoms in total. The standard InChI is InChI=1S/C30H39N5O5S2/c1-4-6-17-35-24(18-31-25(36)19-40-21-13-9-7-10-14-21)33-34-30(35)41-20(3)27(37)32-28-26(29(38)39-5-2)22-15-11-8-12-16-23(22)42-28/h7,9-10,13-14,20H,4-6,8,11-12,15-19H2,1-3H3,(H,31,36)(H,32,37)/t20-/m0/s1. The number of rotatable bonds is 14. The molecule has 1 aromatic carbocycles. The predicted molar refractivity (Wildman–Crippen MR) is 164 cm³/mol. The molecule has 0 aliphatic heterocycles. The number of fused-ring (bicyclic) bond motifs is 1. The number of unbranched alkanes of at least 4 members (excludes halogenated alkanes) is 1. The molecule has 0 radical (unpaired) electrons. The molecule has 0 bridgehead atoms. The lowest BCUT2D eigenvalue weighted by molar-refractivity contribution is -0.123. The molecule has 4 rings (SSSR count). The van der Waals surface area contributed by atoms with Gasteiger partial charge in [0.2, 0.25) is 5.91 Å². The van der Waals surface area contributed by atoms with Gasteiger partial charge in [-0.1, -0.05) is 49.7 Å². The van der Waals surface area contributed by atoms with Crippen LogP contribution >= 0.6 is 23.1 Å². The third-order valence-electron chi connectivity index (χ3n) is 6.87. The third kappa shape index (κ3) is 8.34. The van der Waals surface area contributed by atoms with Crippen molar-refractivity contribution < 1.29 is 23.9 Å². The van der Waals surface area contributed by atoms with Gasteiger partial charge in [0, 0.05) is 11.4 Å². The number of amides is 2. The number of para-hydroxylation sites is 1. The van der Waals surface area contributed by atoms with E-state index in [1.54, 1.807) is 19.1 Å². The number of ether oxygens (including phenoxy) is 2. The molecule has 0 saturated carbocycles. The largest absolute Gasteiger partial charge is 0.484 e. The van der Waals surface area contributed by atoms with Crippen LogP contribution in [-0.2, 0) is 40.3 Å². The Morgan fingerprint density at radius 2 is 1.88 bits per heavy atom. The van der Waals surface area contributed by atoms with E-state index in [-0.39, 0.29) is 37.5 Å². The summed E-state index contributed by atoms with van der Waals surface area (Å²) in [6.07, 6.45) is 6.81. The van der Waals surface area contributed by atoms with E-state index in [4.69, 9.17) is 9.47 Å². The van der Waals surface area contributed by atoms with Crippen molar-refractivity contribution in [1.29, 1.82) is 0 Å². The Balaban J connectivity index is 1.41. The molecule has 1 aliphatic carbocycles. The molecule has 0 spiro atoms. The maximum atomic E-state index is 13.4. The Labute approximate surface area is 255 Å². The monoisotopic (exact) mass is 613 g/mol. The molecular weight excluding hydrogens is 574 g/mol. The molecule has 2 amide bonds. The quantitative estimate of drug-likeness (QED) is 0.141. The molecule has 0 saturated heterocycles. The van der Waals surface area contributed by atoms with Gasteiger partial charge in [0.1, 0.15) is 10.8 Å². The van der Waals surface area contributed by atoms with E-state index in [1.165, 1.54) is 23.1 Å². The highest BCUT2D eigenvalue weighted by Gasteiger charge is 2.28. The zero-order chi connectivity index (χ0) is 29.9. The first-order valence-corrected chi connectivity index (χ1v) is 16.3. The number of esters is 1. The minimum absolute atomic E-state index is 0.105. The lowest BCUT2D eigenvalue weighted by Crippen LogP contribution is -2.29. The number of benzene rings is 1. The second-order valence-corrected chi connectivity index (χ2v) is 12.4. The minimum atomic E-state index is -0.506. The summed E-state index contributed by atoms with van der Waals surface area (Å²) < 4.78 is 12.8. The summed E-state index contributed by atoms with van der Waals surface area (Å²) in [5, 5.41) is 15.2. The van der Waals surface area contributed by atoms with Crippen LogP contribution in [0.5, 0.6) is 5.75 Å². The van der Waals surface area contributed by atoms with Crippen LogP contribution < -0.4 is 15.4 Å². The Kier molecular flexibility index (Phi) is 11.8. The molecule has 1 aliphatic rings. The van der Waals surface area contributed by atoms with Crippen molar-refractivity contribution in [2.45, 2.75) is 89.2 Å². The second-order valence-electron chi connectivity index (χ2n) is 10.0. The first kappa shape index (κ1) is 31.6. The first-order valence-electron chi connectivity index (χ1n) is 14.6. The fourth-order valence-electron chi connectivity index (χ4n) is 4.65. The van der Waals surface area contributed by atoms with E-state index >= 15 is 0 Å². The fraction of sp³-hybridized carbons (Fsp3) is 0.500. The van der Waals surface area contributed by atoms with Crippen LogP contribution in [0.3, 0.4) is 0 Å². The lowest BCUT2D eigenvalue weighted by Gasteiger charge is -2.14. The maximum absolute atomic E-state index is 13.4. The van der Waals surface area contributed by atoms with Gasteiger partial charge in [0.15, 0.2) is 17.6 Å². The average Bonchev–Trinajstić information content (AvgIpc) is 3.44. The number of nitrogens with one attached hydrogen (secondary N) is 2. The number of aromatic nitrogens is 3. The minimum Gasteiger partial charge on any atom is -0.484 e. The number of hydrogen-bond donors (Lipinski definition) is 2. The van der Waals surface area contributed by atoms with Crippen LogP contribution in [0.1, 0.15) is 79.5 Å². The van der Waals surface area contributed by atoms with Gasteiger partial charge in [-0.15, -0.1) is 21.5 Å². The van der Waals surface area contributed by atoms with Crippen LogP contribution in [-0.4, -0.2) is 51.0 Å². The SMILES string of the molecule is CCCCn1c(CNC(=O)COc2ccccc2)nnc1S[C@@H](C)C(=O)Nc1sc2c(c1C(=O)OCC)CCCCC2. The van der Waals surface area contributed by atoms with Crippen molar-refractivity contribution in [2.75, 3.05) is 18.5 Å². The summed E-state index contributed by atoms with van der Waals surface area (Å²) in [7, 11) is 0. The van der Waals surface area contributed by atoms with Crippen molar-refractivity contribution >= 4 is 45.9 Å². The molecular formula is C30H39N5O5S2. The molecule has 0 unspecified atom stereocenters. The summed E-state index contributed by atoms with van der Waals surface area (Å²) in [5.74, 6) is 0.362. The van der Waals surface area contributed by atoms with Gasteiger partial charge in [-0.2, -0.15) is 0 Å². The number of aryl methyl sites for hydroxylation is 1. The number of thioether (sulfide) groups is 1. The molecule has 2 heterocycles. The molecule has 12 heteroatoms. The highest BCUT2D eigenvalue weighted by molar-refractivity contribution is 8.00. The second kappa shape index (κ2) is 15.7. The van der Waals surface area contributed by atoms with Crippen LogP contribution in [0.2, 0.25) is 0 Å². The van der Waals surface area contributed by atoms with Crippen LogP contribution in [0.4, 0.5) is 5.00 Å². The summed E-state index contributed by atoms with van der Waals surface area (Å²) >= 11 is 2.79. The van der Waals surface area contributed by atoms with E-state index in [0.29, 0.717) is 33.8 Å². The van der Waals surface area contributed by atoms with E-state index in [9.17, 15) is 14.4 Å². The predicted octanol–water partition coefficient (Wildman–Crippen LogP) is 5.40. The summed E-state index contributed by atoms with van der Waals surface area (Å²) in [6.45, 7) is 6.72. The molecule has 0 fully saturated rings. The number of hydrogen-bond acceptors (Lipinski definition) is 9. The fourth-order valence-corrected chi connectivity index (χ4v) is 6.82. The van der Waals surface area contributed by atoms with Crippen molar-refractivity contribution in [1.82, 2.24) is 20.1 Å². The van der Waals surface area contributed by atoms with Crippen molar-refractivity contribution in [3.8, 4) is 5.75 Å². The normalized spacial score (nSPS) is 13.5. The van der Waals surface area contributed by atoms with Crippen LogP contribution in [0.15, 0.2) is 35.5 Å². The topological polar surface area (TPSA) is 124 Å². The number of nitrogens with zero attached hydrogens (tertiary/aromatic N) is 3. The number of thiophene rings is 1. The van der Waals surface area contributed by atoms with Gasteiger partial charge in [0.05, 0.1) is 24.0 Å². The van der Waals surface area contributed by atoms with Gasteiger partial charge in [-0.25, -0.2) is 4.79 Å². The van der Waals surface area contributed by atoms with Gasteiger partial charge >= 0.3 is 5.97 Å². The Morgan fingerprint density at radius 3 is 2.64 bits per heavy atom. The molecule has 3 aromatic rings. The van der Waals surface area contributed by atoms with Crippen LogP contribution in [0, 0.1) is 0 Å². The number of carbonyl (C=O) groups excluding carboxylic acids is 3. The Morgan fingerprint density at radius 1 is 1.10 bits per heavy atom. The van der Waals surface area contributed by atoms with Crippen molar-refractivity contribution in [3.05, 3.63) is 52.2 Å². The van der Waals surface area contributed by atoms with E-state index in [2.05, 4.69) is 27.8 Å². The zero-order valence-corrected chi connectivity index (χ0v) is 26.1. The molecule has 42 heavy (non-hydrogen) atoms. The molecule has 2 N–H and O–H groups in total. The first-order chi connectivity index (χ1) is 20.4. The number of carbonyl (C=O) groups is 3. The molecule has 226 valence electrons. The zero-order valence-electron chi connectivity index (χ0n) is 24.4. The van der Waals surface area contributed by atoms with Gasteiger partial charge < -0.3 is 24.7 Å². The maximum Gasteiger partial charge on any atom is 0.341 e. The Bertz CT molecular complexity index is 1360. The van der Waals surface area contributed by atoms with Crippen molar-refractivity contribution in [3.63, 3.8) is 0 Å². The third-order valence-corrected chi connectivity index (χ3v) is 9.16. The highest BCUT2D eigenvalue weighted by Crippen LogP contribution is 2.38. The summed E-state index contributed by atoms with van der Waals surface area (Å²) in [4.78, 5) is 39.8.